The Hall–Kier alpha value is -0.283. The Morgan fingerprint density at radius 1 is 1.12 bits per heavy atom. The van der Waals surface area contributed by atoms with Gasteiger partial charge in [0.1, 0.15) is 11.5 Å². The highest BCUT2D eigenvalue weighted by Gasteiger charge is 2.40. The van der Waals surface area contributed by atoms with E-state index in [2.05, 4.69) is 30.8 Å². The van der Waals surface area contributed by atoms with Crippen LogP contribution in [0, 0.1) is 0 Å². The molecule has 0 saturated carbocycles. The lowest BCUT2D eigenvalue weighted by Crippen LogP contribution is -2.46. The number of benzene rings is 1. The molecular weight excluding hydrogens is 400 g/mol. The van der Waals surface area contributed by atoms with E-state index in [4.69, 9.17) is 38.1 Å². The zero-order chi connectivity index (χ0) is 19.4. The van der Waals surface area contributed by atoms with Crippen LogP contribution in [0.15, 0.2) is 30.8 Å². The average molecular weight is 431 g/mol. The summed E-state index contributed by atoms with van der Waals surface area (Å²) in [4.78, 5) is 0. The zero-order valence-corrected chi connectivity index (χ0v) is 19.4. The summed E-state index contributed by atoms with van der Waals surface area (Å²) in [6.07, 6.45) is 2.79. The molecule has 1 atom stereocenters. The van der Waals surface area contributed by atoms with E-state index in [1.54, 1.807) is 0 Å². The minimum absolute atomic E-state index is 0.106. The third-order valence-electron chi connectivity index (χ3n) is 3.76. The zero-order valence-electron chi connectivity index (χ0n) is 16.0. The Morgan fingerprint density at radius 2 is 1.65 bits per heavy atom. The summed E-state index contributed by atoms with van der Waals surface area (Å²) in [6.45, 7) is 11.5. The van der Waals surface area contributed by atoms with Crippen LogP contribution in [0.1, 0.15) is 38.3 Å². The van der Waals surface area contributed by atoms with Gasteiger partial charge >= 0.3 is 8.80 Å². The summed E-state index contributed by atoms with van der Waals surface area (Å²) < 4.78 is 18.5. The topological polar surface area (TPSA) is 27.7 Å². The van der Waals surface area contributed by atoms with E-state index < -0.39 is 8.80 Å². The maximum atomic E-state index is 5.93. The molecule has 0 heterocycles. The lowest BCUT2D eigenvalue weighted by Gasteiger charge is -2.28. The second-order valence-corrected chi connectivity index (χ2v) is 12.0. The molecule has 1 aromatic rings. The molecule has 1 unspecified atom stereocenters. The van der Waals surface area contributed by atoms with Crippen molar-refractivity contribution < 1.29 is 13.3 Å². The molecule has 1 aromatic carbocycles. The highest BCUT2D eigenvalue weighted by molar-refractivity contribution is 8.34. The summed E-state index contributed by atoms with van der Waals surface area (Å²) in [5.74, 6) is 1.85. The number of hydrogen-bond donors (Lipinski definition) is 0. The van der Waals surface area contributed by atoms with Gasteiger partial charge in [-0.3, -0.25) is 0 Å². The van der Waals surface area contributed by atoms with Crippen LogP contribution in [-0.2, 0) is 42.6 Å². The first-order valence-corrected chi connectivity index (χ1v) is 13.3. The van der Waals surface area contributed by atoms with Crippen molar-refractivity contribution in [3.63, 3.8) is 0 Å². The van der Waals surface area contributed by atoms with Crippen LogP contribution in [0.3, 0.4) is 0 Å². The fourth-order valence-corrected chi connectivity index (χ4v) is 7.87. The number of rotatable bonds is 13. The van der Waals surface area contributed by atoms with Crippen LogP contribution in [0.5, 0.6) is 0 Å². The van der Waals surface area contributed by atoms with E-state index in [9.17, 15) is 0 Å². The van der Waals surface area contributed by atoms with Crippen molar-refractivity contribution in [2.45, 2.75) is 39.0 Å². The van der Waals surface area contributed by atoms with Crippen LogP contribution in [-0.4, -0.2) is 37.9 Å². The molecule has 0 radical (unpaired) electrons. The van der Waals surface area contributed by atoms with Gasteiger partial charge in [-0.15, -0.1) is 0 Å². The average Bonchev–Trinajstić information content (AvgIpc) is 2.62. The van der Waals surface area contributed by atoms with Crippen molar-refractivity contribution in [3.05, 3.63) is 42.0 Å². The largest absolute Gasteiger partial charge is 0.501 e. The molecule has 0 spiro atoms. The molecule has 1 rings (SSSR count). The molecule has 26 heavy (non-hydrogen) atoms. The van der Waals surface area contributed by atoms with Gasteiger partial charge in [-0.2, -0.15) is 0 Å². The number of hydrogen-bond acceptors (Lipinski definition) is 5. The van der Waals surface area contributed by atoms with E-state index in [1.807, 2.05) is 26.8 Å². The molecule has 0 bridgehead atoms. The van der Waals surface area contributed by atoms with E-state index in [-0.39, 0.29) is 10.9 Å². The van der Waals surface area contributed by atoms with Crippen molar-refractivity contribution in [1.82, 2.24) is 0 Å². The second kappa shape index (κ2) is 13.0. The van der Waals surface area contributed by atoms with Gasteiger partial charge in [0.25, 0.3) is 0 Å². The maximum absolute atomic E-state index is 5.93. The molecule has 0 N–H and O–H groups in total. The first kappa shape index (κ1) is 23.8. The van der Waals surface area contributed by atoms with Crippen LogP contribution in [0.2, 0.25) is 6.04 Å². The minimum Gasteiger partial charge on any atom is -0.377 e. The van der Waals surface area contributed by atoms with E-state index in [0.717, 1.165) is 29.5 Å². The fraction of sp³-hybridized carbons (Fsp3) is 0.526. The van der Waals surface area contributed by atoms with Crippen molar-refractivity contribution in [3.8, 4) is 0 Å². The van der Waals surface area contributed by atoms with Gasteiger partial charge in [-0.25, -0.2) is 0 Å². The molecule has 0 amide bonds. The summed E-state index contributed by atoms with van der Waals surface area (Å²) in [6, 6.07) is 9.22. The smallest absolute Gasteiger partial charge is 0.377 e. The van der Waals surface area contributed by atoms with Gasteiger partial charge in [0, 0.05) is 42.3 Å². The van der Waals surface area contributed by atoms with E-state index >= 15 is 0 Å². The summed E-state index contributed by atoms with van der Waals surface area (Å²) in [5.41, 5.74) is 2.38. The first-order chi connectivity index (χ1) is 12.5. The Kier molecular flexibility index (Phi) is 11.9. The monoisotopic (exact) mass is 430 g/mol. The summed E-state index contributed by atoms with van der Waals surface area (Å²) in [7, 11) is -2.69. The molecule has 0 aromatic heterocycles. The van der Waals surface area contributed by atoms with Crippen molar-refractivity contribution >= 4 is 54.2 Å². The Bertz CT molecular complexity index is 534. The van der Waals surface area contributed by atoms with E-state index in [0.29, 0.717) is 23.3 Å². The normalized spacial score (nSPS) is 12.7. The van der Waals surface area contributed by atoms with Crippen molar-refractivity contribution in [1.29, 1.82) is 0 Å². The second-order valence-electron chi connectivity index (χ2n) is 5.62. The summed E-state index contributed by atoms with van der Waals surface area (Å²) >= 11 is 10.7. The molecule has 146 valence electrons. The molecule has 7 heteroatoms. The van der Waals surface area contributed by atoms with Gasteiger partial charge in [-0.1, -0.05) is 36.9 Å². The lowest BCUT2D eigenvalue weighted by molar-refractivity contribution is 0.0712. The van der Waals surface area contributed by atoms with Gasteiger partial charge < -0.3 is 38.1 Å². The van der Waals surface area contributed by atoms with Gasteiger partial charge in [-0.05, 0) is 32.8 Å². The number of thiocarbonyl (C=S) groups is 1. The standard InChI is InChI=1S/C19H30O3S3Si/c1-5-17-10-12-18(13-11-17)16-25(19(23)24)14-9-15-26(20-6-2,21-7-3)22-8-4/h5,10-13H,1,6-9,14-16H2,2-4H3. The quantitative estimate of drug-likeness (QED) is 0.195. The molecule has 0 saturated heterocycles. The lowest BCUT2D eigenvalue weighted by atomic mass is 10.1. The highest BCUT2D eigenvalue weighted by atomic mass is 32.3. The van der Waals surface area contributed by atoms with Gasteiger partial charge in [0.05, 0.1) is 3.53 Å². The third kappa shape index (κ3) is 8.16. The molecular formula is C19H30O3S3Si. The maximum Gasteiger partial charge on any atom is 0.501 e. The molecule has 0 fully saturated rings. The van der Waals surface area contributed by atoms with Gasteiger partial charge in [0.15, 0.2) is 0 Å². The van der Waals surface area contributed by atoms with Crippen molar-refractivity contribution in [2.24, 2.45) is 0 Å². The highest BCUT2D eigenvalue weighted by Crippen LogP contribution is 2.21. The summed E-state index contributed by atoms with van der Waals surface area (Å²) in [5, 5.41) is 0. The van der Waals surface area contributed by atoms with Crippen LogP contribution >= 0.6 is 12.2 Å². The fourth-order valence-electron chi connectivity index (χ4n) is 2.63. The van der Waals surface area contributed by atoms with E-state index in [1.165, 1.54) is 5.56 Å². The van der Waals surface area contributed by atoms with Crippen LogP contribution < -0.4 is 0 Å². The van der Waals surface area contributed by atoms with Crippen LogP contribution in [0.25, 0.3) is 6.08 Å². The molecule has 0 aliphatic heterocycles. The third-order valence-corrected chi connectivity index (χ3v) is 10.3. The van der Waals surface area contributed by atoms with Crippen molar-refractivity contribution in [2.75, 3.05) is 25.6 Å². The molecule has 0 aliphatic carbocycles. The Morgan fingerprint density at radius 3 is 2.08 bits per heavy atom. The Labute approximate surface area is 173 Å². The predicted molar refractivity (Wildman–Crippen MR) is 122 cm³/mol. The SMILES string of the molecule is C=Cc1ccc(C[S+](CCC[Si](OCC)(OCC)OCC)C(=S)[S-])cc1. The molecule has 3 nitrogen and oxygen atoms in total. The first-order valence-electron chi connectivity index (χ1n) is 9.01. The Balaban J connectivity index is 2.68. The predicted octanol–water partition coefficient (Wildman–Crippen LogP) is 4.72. The minimum atomic E-state index is -2.59. The van der Waals surface area contributed by atoms with Gasteiger partial charge in [0.2, 0.25) is 0 Å². The molecule has 0 aliphatic rings. The van der Waals surface area contributed by atoms with Crippen LogP contribution in [0.4, 0.5) is 0 Å².